The van der Waals surface area contributed by atoms with E-state index in [9.17, 15) is 4.79 Å². The number of carbonyl (C=O) groups is 1. The van der Waals surface area contributed by atoms with Gasteiger partial charge in [-0.15, -0.1) is 0 Å². The van der Waals surface area contributed by atoms with Gasteiger partial charge in [0.15, 0.2) is 11.5 Å². The van der Waals surface area contributed by atoms with Crippen LogP contribution in [0.5, 0.6) is 11.5 Å². The van der Waals surface area contributed by atoms with Crippen LogP contribution in [-0.2, 0) is 11.3 Å². The topological polar surface area (TPSA) is 74.1 Å². The molecule has 7 heteroatoms. The van der Waals surface area contributed by atoms with Crippen LogP contribution < -0.4 is 14.9 Å². The van der Waals surface area contributed by atoms with Crippen LogP contribution in [0.4, 0.5) is 4.79 Å². The molecular formula is C21H23N3O4. The lowest BCUT2D eigenvalue weighted by Crippen LogP contribution is -2.16. The normalized spacial score (nSPS) is 11.0. The summed E-state index contributed by atoms with van der Waals surface area (Å²) in [6, 6.07) is 15.6. The van der Waals surface area contributed by atoms with Gasteiger partial charge in [0.1, 0.15) is 6.61 Å². The molecule has 146 valence electrons. The summed E-state index contributed by atoms with van der Waals surface area (Å²) in [5.41, 5.74) is 5.35. The molecule has 1 heterocycles. The molecule has 0 atom stereocenters. The SMILES string of the molecule is COC(=O)N/N=C\c1c(C)n(CCOc2ccccc2OC)c2ccccc12. The summed E-state index contributed by atoms with van der Waals surface area (Å²) in [7, 11) is 2.92. The number of carbonyl (C=O) groups excluding carboxylic acids is 1. The number of aromatic nitrogens is 1. The molecule has 0 aliphatic carbocycles. The second-order valence-electron chi connectivity index (χ2n) is 6.03. The highest BCUT2D eigenvalue weighted by Crippen LogP contribution is 2.27. The van der Waals surface area contributed by atoms with Crippen molar-refractivity contribution in [2.24, 2.45) is 5.10 Å². The maximum absolute atomic E-state index is 11.2. The maximum Gasteiger partial charge on any atom is 0.427 e. The zero-order valence-electron chi connectivity index (χ0n) is 16.1. The Kier molecular flexibility index (Phi) is 6.16. The number of hydrogen-bond donors (Lipinski definition) is 1. The Hall–Kier alpha value is -3.48. The van der Waals surface area contributed by atoms with E-state index in [1.165, 1.54) is 7.11 Å². The number of amides is 1. The van der Waals surface area contributed by atoms with Gasteiger partial charge in [0, 0.05) is 22.2 Å². The Morgan fingerprint density at radius 2 is 1.82 bits per heavy atom. The first kappa shape index (κ1) is 19.3. The number of nitrogens with zero attached hydrogens (tertiary/aromatic N) is 2. The van der Waals surface area contributed by atoms with Crippen LogP contribution in [0.1, 0.15) is 11.3 Å². The maximum atomic E-state index is 11.2. The fraction of sp³-hybridized carbons (Fsp3) is 0.238. The zero-order valence-corrected chi connectivity index (χ0v) is 16.1. The van der Waals surface area contributed by atoms with Gasteiger partial charge in [-0.2, -0.15) is 5.10 Å². The molecule has 0 unspecified atom stereocenters. The molecule has 0 spiro atoms. The number of rotatable bonds is 7. The Morgan fingerprint density at radius 1 is 1.11 bits per heavy atom. The number of hydrogen-bond acceptors (Lipinski definition) is 5. The summed E-state index contributed by atoms with van der Waals surface area (Å²) in [6.07, 6.45) is 1.02. The van der Waals surface area contributed by atoms with Crippen LogP contribution >= 0.6 is 0 Å². The van der Waals surface area contributed by atoms with E-state index in [1.807, 2.05) is 49.4 Å². The molecule has 1 amide bonds. The summed E-state index contributed by atoms with van der Waals surface area (Å²) in [5.74, 6) is 1.42. The molecule has 0 aliphatic rings. The fourth-order valence-corrected chi connectivity index (χ4v) is 3.09. The van der Waals surface area contributed by atoms with E-state index >= 15 is 0 Å². The molecule has 0 saturated carbocycles. The average Bonchev–Trinajstić information content (AvgIpc) is 3.00. The van der Waals surface area contributed by atoms with Gasteiger partial charge in [-0.05, 0) is 25.1 Å². The Bertz CT molecular complexity index is 994. The van der Waals surface area contributed by atoms with Crippen LogP contribution in [0.15, 0.2) is 53.6 Å². The van der Waals surface area contributed by atoms with Gasteiger partial charge in [-0.1, -0.05) is 30.3 Å². The first-order valence-electron chi connectivity index (χ1n) is 8.86. The first-order chi connectivity index (χ1) is 13.7. The molecule has 3 rings (SSSR count). The lowest BCUT2D eigenvalue weighted by molar-refractivity contribution is 0.171. The van der Waals surface area contributed by atoms with Crippen molar-refractivity contribution in [1.29, 1.82) is 0 Å². The minimum atomic E-state index is -0.608. The first-order valence-corrected chi connectivity index (χ1v) is 8.86. The van der Waals surface area contributed by atoms with Crippen molar-refractivity contribution >= 4 is 23.2 Å². The minimum absolute atomic E-state index is 0.483. The molecule has 0 aliphatic heterocycles. The fourth-order valence-electron chi connectivity index (χ4n) is 3.09. The van der Waals surface area contributed by atoms with Gasteiger partial charge in [0.05, 0.1) is 27.0 Å². The highest BCUT2D eigenvalue weighted by atomic mass is 16.5. The Labute approximate surface area is 163 Å². The van der Waals surface area contributed by atoms with Crippen LogP contribution in [0.25, 0.3) is 10.9 Å². The minimum Gasteiger partial charge on any atom is -0.493 e. The average molecular weight is 381 g/mol. The summed E-state index contributed by atoms with van der Waals surface area (Å²) >= 11 is 0. The highest BCUT2D eigenvalue weighted by molar-refractivity contribution is 6.01. The summed E-state index contributed by atoms with van der Waals surface area (Å²) in [5, 5.41) is 5.03. The highest BCUT2D eigenvalue weighted by Gasteiger charge is 2.13. The number of hydrazone groups is 1. The quantitative estimate of drug-likeness (QED) is 0.500. The number of nitrogens with one attached hydrogen (secondary N) is 1. The van der Waals surface area contributed by atoms with Gasteiger partial charge >= 0.3 is 6.09 Å². The third-order valence-corrected chi connectivity index (χ3v) is 4.46. The van der Waals surface area contributed by atoms with Crippen molar-refractivity contribution in [2.45, 2.75) is 13.5 Å². The van der Waals surface area contributed by atoms with E-state index in [0.29, 0.717) is 24.7 Å². The Balaban J connectivity index is 1.81. The van der Waals surface area contributed by atoms with Crippen LogP contribution in [0.2, 0.25) is 0 Å². The molecule has 1 aromatic heterocycles. The molecule has 2 aromatic carbocycles. The molecule has 0 fully saturated rings. The van der Waals surface area contributed by atoms with Gasteiger partial charge in [-0.3, -0.25) is 0 Å². The van der Waals surface area contributed by atoms with Crippen molar-refractivity contribution in [3.8, 4) is 11.5 Å². The zero-order chi connectivity index (χ0) is 19.9. The standard InChI is InChI=1S/C21H23N3O4/c1-15-17(14-22-23-21(25)27-3)16-8-4-5-9-18(16)24(15)12-13-28-20-11-7-6-10-19(20)26-2/h4-11,14H,12-13H2,1-3H3,(H,23,25)/b22-14-. The summed E-state index contributed by atoms with van der Waals surface area (Å²) in [6.45, 7) is 3.15. The molecular weight excluding hydrogens is 358 g/mol. The van der Waals surface area contributed by atoms with Gasteiger partial charge in [0.25, 0.3) is 0 Å². The van der Waals surface area contributed by atoms with E-state index in [2.05, 4.69) is 25.9 Å². The summed E-state index contributed by atoms with van der Waals surface area (Å²) in [4.78, 5) is 11.2. The molecule has 0 radical (unpaired) electrons. The Morgan fingerprint density at radius 3 is 2.57 bits per heavy atom. The number of para-hydroxylation sites is 3. The smallest absolute Gasteiger partial charge is 0.427 e. The monoisotopic (exact) mass is 381 g/mol. The lowest BCUT2D eigenvalue weighted by Gasteiger charge is -2.12. The third kappa shape index (κ3) is 4.09. The van der Waals surface area contributed by atoms with E-state index in [-0.39, 0.29) is 0 Å². The summed E-state index contributed by atoms with van der Waals surface area (Å²) < 4.78 is 17.9. The number of benzene rings is 2. The molecule has 28 heavy (non-hydrogen) atoms. The van der Waals surface area contributed by atoms with Crippen LogP contribution in [0, 0.1) is 6.92 Å². The van der Waals surface area contributed by atoms with E-state index in [4.69, 9.17) is 9.47 Å². The molecule has 0 bridgehead atoms. The number of ether oxygens (including phenoxy) is 3. The second kappa shape index (κ2) is 8.94. The van der Waals surface area contributed by atoms with Crippen molar-refractivity contribution < 1.29 is 19.0 Å². The van der Waals surface area contributed by atoms with Crippen LogP contribution in [-0.4, -0.2) is 37.7 Å². The van der Waals surface area contributed by atoms with E-state index in [0.717, 1.165) is 22.2 Å². The molecule has 0 saturated heterocycles. The van der Waals surface area contributed by atoms with Crippen molar-refractivity contribution in [2.75, 3.05) is 20.8 Å². The number of methoxy groups -OCH3 is 2. The van der Waals surface area contributed by atoms with Gasteiger partial charge < -0.3 is 18.8 Å². The van der Waals surface area contributed by atoms with Crippen molar-refractivity contribution in [3.63, 3.8) is 0 Å². The third-order valence-electron chi connectivity index (χ3n) is 4.46. The predicted molar refractivity (Wildman–Crippen MR) is 108 cm³/mol. The molecule has 7 nitrogen and oxygen atoms in total. The van der Waals surface area contributed by atoms with Crippen molar-refractivity contribution in [3.05, 3.63) is 59.8 Å². The van der Waals surface area contributed by atoms with E-state index < -0.39 is 6.09 Å². The number of fused-ring (bicyclic) bond motifs is 1. The van der Waals surface area contributed by atoms with Crippen LogP contribution in [0.3, 0.4) is 0 Å². The van der Waals surface area contributed by atoms with Crippen molar-refractivity contribution in [1.82, 2.24) is 9.99 Å². The van der Waals surface area contributed by atoms with E-state index in [1.54, 1.807) is 13.3 Å². The predicted octanol–water partition coefficient (Wildman–Crippen LogP) is 3.73. The molecule has 3 aromatic rings. The molecule has 1 N–H and O–H groups in total. The lowest BCUT2D eigenvalue weighted by atomic mass is 10.1. The van der Waals surface area contributed by atoms with Gasteiger partial charge in [0.2, 0.25) is 0 Å². The second-order valence-corrected chi connectivity index (χ2v) is 6.03. The van der Waals surface area contributed by atoms with Gasteiger partial charge in [-0.25, -0.2) is 10.2 Å². The largest absolute Gasteiger partial charge is 0.493 e.